The molecule has 1 amide bonds. The highest BCUT2D eigenvalue weighted by Crippen LogP contribution is 2.10. The summed E-state index contributed by atoms with van der Waals surface area (Å²) in [6.07, 6.45) is 1.58. The molecule has 0 aliphatic carbocycles. The summed E-state index contributed by atoms with van der Waals surface area (Å²) in [6, 6.07) is 9.62. The maximum absolute atomic E-state index is 11.7. The lowest BCUT2D eigenvalue weighted by Crippen LogP contribution is -2.26. The van der Waals surface area contributed by atoms with Gasteiger partial charge in [0.25, 0.3) is 11.5 Å². The minimum Gasteiger partial charge on any atom is -0.508 e. The monoisotopic (exact) mass is 273 g/mol. The lowest BCUT2D eigenvalue weighted by molar-refractivity contribution is 0.0947. The van der Waals surface area contributed by atoms with Crippen LogP contribution in [0.4, 0.5) is 0 Å². The van der Waals surface area contributed by atoms with Crippen molar-refractivity contribution in [2.75, 3.05) is 6.54 Å². The molecule has 3 N–H and O–H groups in total. The van der Waals surface area contributed by atoms with E-state index in [2.05, 4.69) is 15.5 Å². The van der Waals surface area contributed by atoms with Crippen LogP contribution in [0.2, 0.25) is 0 Å². The minimum atomic E-state index is -0.339. The molecule has 0 radical (unpaired) electrons. The molecule has 2 rings (SSSR count). The number of carbonyl (C=O) groups excluding carboxylic acids is 1. The van der Waals surface area contributed by atoms with Gasteiger partial charge < -0.3 is 10.4 Å². The molecule has 104 valence electrons. The summed E-state index contributed by atoms with van der Waals surface area (Å²) >= 11 is 0. The third-order valence-corrected chi connectivity index (χ3v) is 2.78. The van der Waals surface area contributed by atoms with Gasteiger partial charge in [-0.3, -0.25) is 9.59 Å². The Morgan fingerprint density at radius 3 is 2.60 bits per heavy atom. The standard InChI is InChI=1S/C14H15N3O3/c18-11-5-3-10(4-6-11)2-1-9-15-14(20)12-7-8-13(19)17-16-12/h3-8,18H,1-2,9H2,(H,15,20)(H,17,19). The molecule has 0 aliphatic heterocycles. The Balaban J connectivity index is 1.75. The molecule has 0 atom stereocenters. The van der Waals surface area contributed by atoms with Crippen molar-refractivity contribution in [3.8, 4) is 5.75 Å². The fourth-order valence-electron chi connectivity index (χ4n) is 1.72. The van der Waals surface area contributed by atoms with Gasteiger partial charge in [0.05, 0.1) is 0 Å². The van der Waals surface area contributed by atoms with Crippen LogP contribution in [0.25, 0.3) is 0 Å². The molecule has 6 nitrogen and oxygen atoms in total. The molecule has 0 fully saturated rings. The summed E-state index contributed by atoms with van der Waals surface area (Å²) in [7, 11) is 0. The number of hydrogen-bond acceptors (Lipinski definition) is 4. The zero-order chi connectivity index (χ0) is 14.4. The fraction of sp³-hybridized carbons (Fsp3) is 0.214. The van der Waals surface area contributed by atoms with Crippen molar-refractivity contribution in [3.63, 3.8) is 0 Å². The van der Waals surface area contributed by atoms with Crippen molar-refractivity contribution < 1.29 is 9.90 Å². The molecule has 1 heterocycles. The lowest BCUT2D eigenvalue weighted by atomic mass is 10.1. The molecule has 6 heteroatoms. The van der Waals surface area contributed by atoms with Crippen LogP contribution in [0.3, 0.4) is 0 Å². The van der Waals surface area contributed by atoms with E-state index >= 15 is 0 Å². The highest BCUT2D eigenvalue weighted by Gasteiger charge is 2.05. The first-order chi connectivity index (χ1) is 9.65. The Kier molecular flexibility index (Phi) is 4.49. The number of aromatic hydroxyl groups is 1. The van der Waals surface area contributed by atoms with Gasteiger partial charge in [-0.2, -0.15) is 5.10 Å². The highest BCUT2D eigenvalue weighted by atomic mass is 16.3. The normalized spacial score (nSPS) is 10.2. The molecule has 0 spiro atoms. The summed E-state index contributed by atoms with van der Waals surface area (Å²) in [5.74, 6) is -0.0712. The van der Waals surface area contributed by atoms with Crippen molar-refractivity contribution in [2.24, 2.45) is 0 Å². The SMILES string of the molecule is O=C(NCCCc1ccc(O)cc1)c1ccc(=O)[nH]n1. The average molecular weight is 273 g/mol. The van der Waals surface area contributed by atoms with Gasteiger partial charge in [-0.25, -0.2) is 5.10 Å². The van der Waals surface area contributed by atoms with Gasteiger partial charge in [0.2, 0.25) is 0 Å². The minimum absolute atomic E-state index is 0.189. The van der Waals surface area contributed by atoms with Crippen LogP contribution in [0, 0.1) is 0 Å². The second-order valence-electron chi connectivity index (χ2n) is 4.33. The zero-order valence-electron chi connectivity index (χ0n) is 10.8. The number of nitrogens with zero attached hydrogens (tertiary/aromatic N) is 1. The van der Waals surface area contributed by atoms with Gasteiger partial charge in [0.1, 0.15) is 11.4 Å². The molecule has 0 saturated carbocycles. The van der Waals surface area contributed by atoms with Crippen LogP contribution in [0.15, 0.2) is 41.2 Å². The van der Waals surface area contributed by atoms with E-state index < -0.39 is 0 Å². The molecule has 0 bridgehead atoms. The Hall–Kier alpha value is -2.63. The number of phenols is 1. The molecule has 1 aromatic heterocycles. The Labute approximate surface area is 115 Å². The van der Waals surface area contributed by atoms with Crippen molar-refractivity contribution in [1.29, 1.82) is 0 Å². The van der Waals surface area contributed by atoms with E-state index in [0.717, 1.165) is 18.4 Å². The summed E-state index contributed by atoms with van der Waals surface area (Å²) < 4.78 is 0. The first-order valence-electron chi connectivity index (χ1n) is 6.27. The van der Waals surface area contributed by atoms with Gasteiger partial charge >= 0.3 is 0 Å². The second-order valence-corrected chi connectivity index (χ2v) is 4.33. The fourth-order valence-corrected chi connectivity index (χ4v) is 1.72. The van der Waals surface area contributed by atoms with E-state index in [-0.39, 0.29) is 22.9 Å². The maximum atomic E-state index is 11.7. The van der Waals surface area contributed by atoms with Crippen molar-refractivity contribution in [3.05, 3.63) is 58.0 Å². The number of amides is 1. The third kappa shape index (κ3) is 3.94. The predicted molar refractivity (Wildman–Crippen MR) is 73.6 cm³/mol. The first kappa shape index (κ1) is 13.8. The molecule has 0 saturated heterocycles. The van der Waals surface area contributed by atoms with Gasteiger partial charge in [-0.1, -0.05) is 12.1 Å². The maximum Gasteiger partial charge on any atom is 0.271 e. The van der Waals surface area contributed by atoms with E-state index in [9.17, 15) is 9.59 Å². The highest BCUT2D eigenvalue weighted by molar-refractivity contribution is 5.91. The molecular weight excluding hydrogens is 258 g/mol. The van der Waals surface area contributed by atoms with Crippen molar-refractivity contribution in [2.45, 2.75) is 12.8 Å². The van der Waals surface area contributed by atoms with Crippen LogP contribution >= 0.6 is 0 Å². The molecule has 0 unspecified atom stereocenters. The van der Waals surface area contributed by atoms with Gasteiger partial charge in [-0.15, -0.1) is 0 Å². The summed E-state index contributed by atoms with van der Waals surface area (Å²) in [4.78, 5) is 22.5. The Morgan fingerprint density at radius 1 is 1.20 bits per heavy atom. The van der Waals surface area contributed by atoms with E-state index in [1.165, 1.54) is 12.1 Å². The largest absolute Gasteiger partial charge is 0.508 e. The number of benzene rings is 1. The van der Waals surface area contributed by atoms with E-state index in [0.29, 0.717) is 6.54 Å². The third-order valence-electron chi connectivity index (χ3n) is 2.78. The number of aryl methyl sites for hydroxylation is 1. The number of carbonyl (C=O) groups is 1. The predicted octanol–water partition coefficient (Wildman–Crippen LogP) is 0.838. The van der Waals surface area contributed by atoms with Crippen LogP contribution in [0.5, 0.6) is 5.75 Å². The number of rotatable bonds is 5. The van der Waals surface area contributed by atoms with E-state index in [1.54, 1.807) is 12.1 Å². The van der Waals surface area contributed by atoms with Crippen molar-refractivity contribution in [1.82, 2.24) is 15.5 Å². The Morgan fingerprint density at radius 2 is 1.95 bits per heavy atom. The van der Waals surface area contributed by atoms with E-state index in [4.69, 9.17) is 5.11 Å². The number of aromatic nitrogens is 2. The second kappa shape index (κ2) is 6.51. The van der Waals surface area contributed by atoms with Crippen LogP contribution in [-0.2, 0) is 6.42 Å². The number of hydrogen-bond donors (Lipinski definition) is 3. The number of phenolic OH excluding ortho intramolecular Hbond substituents is 1. The molecular formula is C14H15N3O3. The number of H-pyrrole nitrogens is 1. The Bertz CT molecular complexity index is 614. The summed E-state index contributed by atoms with van der Waals surface area (Å²) in [5.41, 5.74) is 0.947. The smallest absolute Gasteiger partial charge is 0.271 e. The van der Waals surface area contributed by atoms with Gasteiger partial charge in [0, 0.05) is 12.6 Å². The molecule has 1 aromatic carbocycles. The first-order valence-corrected chi connectivity index (χ1v) is 6.27. The number of nitrogens with one attached hydrogen (secondary N) is 2. The van der Waals surface area contributed by atoms with Crippen LogP contribution < -0.4 is 10.9 Å². The van der Waals surface area contributed by atoms with E-state index in [1.807, 2.05) is 12.1 Å². The molecule has 0 aliphatic rings. The zero-order valence-corrected chi connectivity index (χ0v) is 10.8. The van der Waals surface area contributed by atoms with Crippen LogP contribution in [-0.4, -0.2) is 27.8 Å². The lowest BCUT2D eigenvalue weighted by Gasteiger charge is -2.04. The quantitative estimate of drug-likeness (QED) is 0.703. The molecule has 20 heavy (non-hydrogen) atoms. The van der Waals surface area contributed by atoms with Crippen molar-refractivity contribution >= 4 is 5.91 Å². The summed E-state index contributed by atoms with van der Waals surface area (Å²) in [5, 5.41) is 17.7. The van der Waals surface area contributed by atoms with Gasteiger partial charge in [0.15, 0.2) is 0 Å². The average Bonchev–Trinajstić information content (AvgIpc) is 2.46. The summed E-state index contributed by atoms with van der Waals surface area (Å²) in [6.45, 7) is 0.514. The van der Waals surface area contributed by atoms with Gasteiger partial charge in [-0.05, 0) is 36.6 Å². The number of aromatic amines is 1. The molecule has 2 aromatic rings. The van der Waals surface area contributed by atoms with Crippen LogP contribution in [0.1, 0.15) is 22.5 Å². The topological polar surface area (TPSA) is 95.1 Å².